The van der Waals surface area contributed by atoms with Gasteiger partial charge in [-0.25, -0.2) is 0 Å². The molecule has 0 radical (unpaired) electrons. The lowest BCUT2D eigenvalue weighted by Crippen LogP contribution is -2.38. The highest BCUT2D eigenvalue weighted by atomic mass is 16.5. The smallest absolute Gasteiger partial charge is 0.191 e. The van der Waals surface area contributed by atoms with Crippen molar-refractivity contribution in [3.63, 3.8) is 0 Å². The maximum atomic E-state index is 5.56. The lowest BCUT2D eigenvalue weighted by Gasteiger charge is -2.11. The number of pyridine rings is 1. The summed E-state index contributed by atoms with van der Waals surface area (Å²) in [6, 6.07) is 5.87. The molecular formula is C14H22N4O. The topological polar surface area (TPSA) is 58.5 Å². The number of ether oxygens (including phenoxy) is 1. The van der Waals surface area contributed by atoms with Gasteiger partial charge in [-0.1, -0.05) is 6.07 Å². The predicted molar refractivity (Wildman–Crippen MR) is 76.0 cm³/mol. The number of aliphatic imine (C=N–C) groups is 1. The van der Waals surface area contributed by atoms with E-state index in [9.17, 15) is 0 Å². The number of guanidine groups is 1. The highest BCUT2D eigenvalue weighted by Crippen LogP contribution is 2.28. The second-order valence-corrected chi connectivity index (χ2v) is 4.69. The van der Waals surface area contributed by atoms with Crippen LogP contribution in [0.2, 0.25) is 0 Å². The van der Waals surface area contributed by atoms with Crippen molar-refractivity contribution in [2.45, 2.75) is 19.4 Å². The molecule has 104 valence electrons. The van der Waals surface area contributed by atoms with Gasteiger partial charge >= 0.3 is 0 Å². The van der Waals surface area contributed by atoms with Crippen molar-refractivity contribution in [1.29, 1.82) is 0 Å². The van der Waals surface area contributed by atoms with E-state index in [0.29, 0.717) is 6.54 Å². The van der Waals surface area contributed by atoms with Gasteiger partial charge in [-0.2, -0.15) is 0 Å². The fourth-order valence-electron chi connectivity index (χ4n) is 1.67. The van der Waals surface area contributed by atoms with Gasteiger partial charge in [-0.05, 0) is 30.9 Å². The van der Waals surface area contributed by atoms with E-state index in [4.69, 9.17) is 4.74 Å². The van der Waals surface area contributed by atoms with Gasteiger partial charge in [0.25, 0.3) is 0 Å². The Morgan fingerprint density at radius 2 is 2.32 bits per heavy atom. The molecule has 0 amide bonds. The molecule has 0 bridgehead atoms. The van der Waals surface area contributed by atoms with Gasteiger partial charge in [-0.15, -0.1) is 0 Å². The van der Waals surface area contributed by atoms with Crippen molar-refractivity contribution in [2.24, 2.45) is 10.9 Å². The van der Waals surface area contributed by atoms with Crippen LogP contribution < -0.4 is 10.6 Å². The van der Waals surface area contributed by atoms with Gasteiger partial charge in [0.2, 0.25) is 0 Å². The van der Waals surface area contributed by atoms with Crippen LogP contribution in [0.4, 0.5) is 0 Å². The fourth-order valence-corrected chi connectivity index (χ4v) is 1.67. The number of hydrogen-bond acceptors (Lipinski definition) is 3. The Bertz CT molecular complexity index is 390. The highest BCUT2D eigenvalue weighted by Gasteiger charge is 2.20. The van der Waals surface area contributed by atoms with E-state index in [2.05, 4.69) is 20.6 Å². The predicted octanol–water partition coefficient (Wildman–Crippen LogP) is 1.17. The molecule has 0 aliphatic heterocycles. The highest BCUT2D eigenvalue weighted by molar-refractivity contribution is 5.79. The normalized spacial score (nSPS) is 15.3. The van der Waals surface area contributed by atoms with Crippen LogP contribution in [-0.2, 0) is 11.3 Å². The molecule has 0 unspecified atom stereocenters. The number of nitrogens with one attached hydrogen (secondary N) is 2. The molecule has 0 aromatic carbocycles. The zero-order valence-corrected chi connectivity index (χ0v) is 11.4. The van der Waals surface area contributed by atoms with Gasteiger partial charge in [0.05, 0.1) is 18.8 Å². The Kier molecular flexibility index (Phi) is 5.62. The summed E-state index contributed by atoms with van der Waals surface area (Å²) in [7, 11) is 1.76. The molecule has 5 heteroatoms. The molecule has 1 fully saturated rings. The third-order valence-electron chi connectivity index (χ3n) is 2.98. The SMILES string of the molecule is CN=C(NCCOCC1CC1)NCc1ccccn1. The summed E-state index contributed by atoms with van der Waals surface area (Å²) in [6.45, 7) is 3.07. The van der Waals surface area contributed by atoms with Crippen LogP contribution in [0.3, 0.4) is 0 Å². The Morgan fingerprint density at radius 3 is 3.00 bits per heavy atom. The number of aromatic nitrogens is 1. The minimum absolute atomic E-state index is 0.670. The van der Waals surface area contributed by atoms with Gasteiger partial charge in [0.1, 0.15) is 0 Å². The van der Waals surface area contributed by atoms with Gasteiger partial charge in [0.15, 0.2) is 5.96 Å². The molecule has 1 heterocycles. The van der Waals surface area contributed by atoms with Gasteiger partial charge in [-0.3, -0.25) is 9.98 Å². The Balaban J connectivity index is 1.57. The number of nitrogens with zero attached hydrogens (tertiary/aromatic N) is 2. The van der Waals surface area contributed by atoms with E-state index >= 15 is 0 Å². The van der Waals surface area contributed by atoms with Crippen LogP contribution in [0.25, 0.3) is 0 Å². The number of rotatable bonds is 7. The van der Waals surface area contributed by atoms with Crippen LogP contribution in [0.1, 0.15) is 18.5 Å². The first kappa shape index (κ1) is 13.8. The molecule has 2 N–H and O–H groups in total. The van der Waals surface area contributed by atoms with E-state index < -0.39 is 0 Å². The molecule has 0 atom stereocenters. The van der Waals surface area contributed by atoms with Crippen LogP contribution in [0, 0.1) is 5.92 Å². The Hall–Kier alpha value is -1.62. The first-order valence-electron chi connectivity index (χ1n) is 6.80. The van der Waals surface area contributed by atoms with Crippen LogP contribution in [-0.4, -0.2) is 37.7 Å². The minimum atomic E-state index is 0.670. The first-order valence-corrected chi connectivity index (χ1v) is 6.80. The van der Waals surface area contributed by atoms with Crippen molar-refractivity contribution in [1.82, 2.24) is 15.6 Å². The summed E-state index contributed by atoms with van der Waals surface area (Å²) >= 11 is 0. The molecule has 1 aliphatic carbocycles. The lowest BCUT2D eigenvalue weighted by atomic mass is 10.3. The van der Waals surface area contributed by atoms with E-state index in [1.165, 1.54) is 12.8 Å². The van der Waals surface area contributed by atoms with Crippen molar-refractivity contribution in [2.75, 3.05) is 26.8 Å². The summed E-state index contributed by atoms with van der Waals surface area (Å²) in [5, 5.41) is 6.44. The van der Waals surface area contributed by atoms with E-state index in [1.807, 2.05) is 18.2 Å². The second kappa shape index (κ2) is 7.74. The molecule has 1 aromatic rings. The average molecular weight is 262 g/mol. The zero-order valence-electron chi connectivity index (χ0n) is 11.4. The first-order chi connectivity index (χ1) is 9.38. The monoisotopic (exact) mass is 262 g/mol. The molecule has 2 rings (SSSR count). The van der Waals surface area contributed by atoms with Crippen LogP contribution in [0.5, 0.6) is 0 Å². The number of hydrogen-bond donors (Lipinski definition) is 2. The van der Waals surface area contributed by atoms with Crippen molar-refractivity contribution < 1.29 is 4.74 Å². The average Bonchev–Trinajstić information content (AvgIpc) is 3.27. The van der Waals surface area contributed by atoms with E-state index in [-0.39, 0.29) is 0 Å². The molecular weight excluding hydrogens is 240 g/mol. The summed E-state index contributed by atoms with van der Waals surface area (Å²) in [5.74, 6) is 1.60. The second-order valence-electron chi connectivity index (χ2n) is 4.69. The molecule has 0 saturated heterocycles. The quantitative estimate of drug-likeness (QED) is 0.440. The third-order valence-corrected chi connectivity index (χ3v) is 2.98. The van der Waals surface area contributed by atoms with E-state index in [1.54, 1.807) is 13.2 Å². The summed E-state index contributed by atoms with van der Waals surface area (Å²) in [5.41, 5.74) is 0.996. The summed E-state index contributed by atoms with van der Waals surface area (Å²) in [6.07, 6.45) is 4.46. The van der Waals surface area contributed by atoms with Gasteiger partial charge < -0.3 is 15.4 Å². The molecule has 5 nitrogen and oxygen atoms in total. The minimum Gasteiger partial charge on any atom is -0.379 e. The Labute approximate surface area is 114 Å². The van der Waals surface area contributed by atoms with Crippen LogP contribution in [0.15, 0.2) is 29.4 Å². The maximum absolute atomic E-state index is 5.56. The van der Waals surface area contributed by atoms with Crippen LogP contribution >= 0.6 is 0 Å². The molecule has 0 spiro atoms. The third kappa shape index (κ3) is 5.70. The van der Waals surface area contributed by atoms with Crippen molar-refractivity contribution in [3.05, 3.63) is 30.1 Å². The van der Waals surface area contributed by atoms with E-state index in [0.717, 1.165) is 37.3 Å². The maximum Gasteiger partial charge on any atom is 0.191 e. The van der Waals surface area contributed by atoms with Gasteiger partial charge in [0, 0.05) is 26.4 Å². The molecule has 1 saturated carbocycles. The Morgan fingerprint density at radius 1 is 1.42 bits per heavy atom. The zero-order chi connectivity index (χ0) is 13.3. The molecule has 1 aliphatic rings. The summed E-state index contributed by atoms with van der Waals surface area (Å²) in [4.78, 5) is 8.41. The van der Waals surface area contributed by atoms with Crippen molar-refractivity contribution in [3.8, 4) is 0 Å². The summed E-state index contributed by atoms with van der Waals surface area (Å²) < 4.78 is 5.56. The lowest BCUT2D eigenvalue weighted by molar-refractivity contribution is 0.129. The fraction of sp³-hybridized carbons (Fsp3) is 0.571. The largest absolute Gasteiger partial charge is 0.379 e. The molecule has 19 heavy (non-hydrogen) atoms. The van der Waals surface area contributed by atoms with Crippen molar-refractivity contribution >= 4 is 5.96 Å². The molecule has 1 aromatic heterocycles. The standard InChI is InChI=1S/C14H22N4O/c1-15-14(17-8-9-19-11-12-5-6-12)18-10-13-4-2-3-7-16-13/h2-4,7,12H,5-6,8-11H2,1H3,(H2,15,17,18).